The fourth-order valence-electron chi connectivity index (χ4n) is 2.63. The Balaban J connectivity index is 0.000000160. The van der Waals surface area contributed by atoms with Gasteiger partial charge in [-0.3, -0.25) is 0 Å². The van der Waals surface area contributed by atoms with Crippen LogP contribution in [0, 0.1) is 5.92 Å². The SMILES string of the molecule is OCC1CCCCC1.SC1CCCCCC1. The van der Waals surface area contributed by atoms with E-state index in [2.05, 4.69) is 12.6 Å². The second-order valence-electron chi connectivity index (χ2n) is 5.33. The van der Waals surface area contributed by atoms with Gasteiger partial charge in [0.1, 0.15) is 0 Å². The zero-order valence-corrected chi connectivity index (χ0v) is 11.4. The monoisotopic (exact) mass is 244 g/mol. The van der Waals surface area contributed by atoms with E-state index in [1.165, 1.54) is 70.6 Å². The number of rotatable bonds is 1. The van der Waals surface area contributed by atoms with E-state index < -0.39 is 0 Å². The molecule has 2 heteroatoms. The molecular formula is C14H28OS. The van der Waals surface area contributed by atoms with Crippen LogP contribution < -0.4 is 0 Å². The normalized spacial score (nSPS) is 24.4. The van der Waals surface area contributed by atoms with Crippen LogP contribution >= 0.6 is 12.6 Å². The van der Waals surface area contributed by atoms with Crippen molar-refractivity contribution in [1.82, 2.24) is 0 Å². The molecule has 0 aromatic carbocycles. The van der Waals surface area contributed by atoms with E-state index in [1.54, 1.807) is 0 Å². The third-order valence-corrected chi connectivity index (χ3v) is 4.32. The third-order valence-electron chi connectivity index (χ3n) is 3.81. The summed E-state index contributed by atoms with van der Waals surface area (Å²) in [5, 5.41) is 9.41. The van der Waals surface area contributed by atoms with Crippen LogP contribution in [-0.4, -0.2) is 17.0 Å². The molecule has 0 unspecified atom stereocenters. The average molecular weight is 244 g/mol. The lowest BCUT2D eigenvalue weighted by molar-refractivity contribution is 0.190. The molecule has 0 aliphatic heterocycles. The second-order valence-corrected chi connectivity index (χ2v) is 6.06. The van der Waals surface area contributed by atoms with Gasteiger partial charge in [0.25, 0.3) is 0 Å². The van der Waals surface area contributed by atoms with Crippen molar-refractivity contribution >= 4 is 12.6 Å². The van der Waals surface area contributed by atoms with Crippen LogP contribution in [0.2, 0.25) is 0 Å². The Kier molecular flexibility index (Phi) is 8.40. The van der Waals surface area contributed by atoms with Gasteiger partial charge in [0.15, 0.2) is 0 Å². The van der Waals surface area contributed by atoms with Crippen molar-refractivity contribution in [3.05, 3.63) is 0 Å². The zero-order chi connectivity index (χ0) is 11.6. The average Bonchev–Trinajstić information content (AvgIpc) is 2.59. The molecule has 96 valence electrons. The molecule has 0 atom stereocenters. The highest BCUT2D eigenvalue weighted by Crippen LogP contribution is 2.22. The third kappa shape index (κ3) is 6.80. The maximum absolute atomic E-state index is 8.69. The smallest absolute Gasteiger partial charge is 0.0459 e. The molecule has 0 aromatic rings. The molecule has 0 aromatic heterocycles. The van der Waals surface area contributed by atoms with Gasteiger partial charge in [0.2, 0.25) is 0 Å². The van der Waals surface area contributed by atoms with Crippen molar-refractivity contribution in [2.75, 3.05) is 6.61 Å². The Bertz CT molecular complexity index is 147. The summed E-state index contributed by atoms with van der Waals surface area (Å²) in [5.74, 6) is 0.642. The van der Waals surface area contributed by atoms with Gasteiger partial charge < -0.3 is 5.11 Å². The molecule has 0 radical (unpaired) electrons. The van der Waals surface area contributed by atoms with E-state index in [-0.39, 0.29) is 0 Å². The molecule has 2 rings (SSSR count). The van der Waals surface area contributed by atoms with Crippen molar-refractivity contribution in [2.45, 2.75) is 75.9 Å². The molecule has 1 N–H and O–H groups in total. The maximum Gasteiger partial charge on any atom is 0.0459 e. The minimum Gasteiger partial charge on any atom is -0.396 e. The lowest BCUT2D eigenvalue weighted by Crippen LogP contribution is -2.09. The van der Waals surface area contributed by atoms with Crippen LogP contribution in [0.4, 0.5) is 0 Å². The van der Waals surface area contributed by atoms with Crippen LogP contribution in [0.3, 0.4) is 0 Å². The quantitative estimate of drug-likeness (QED) is 0.523. The van der Waals surface area contributed by atoms with E-state index in [0.29, 0.717) is 12.5 Å². The van der Waals surface area contributed by atoms with Gasteiger partial charge >= 0.3 is 0 Å². The van der Waals surface area contributed by atoms with Gasteiger partial charge in [0.05, 0.1) is 0 Å². The minimum atomic E-state index is 0.417. The first-order chi connectivity index (χ1) is 7.83. The molecule has 0 heterocycles. The number of aliphatic hydroxyl groups excluding tert-OH is 1. The molecule has 1 nitrogen and oxygen atoms in total. The Labute approximate surface area is 106 Å². The molecule has 2 aliphatic carbocycles. The molecule has 0 amide bonds. The second kappa shape index (κ2) is 9.35. The van der Waals surface area contributed by atoms with E-state index in [1.807, 2.05) is 0 Å². The van der Waals surface area contributed by atoms with Gasteiger partial charge in [-0.05, 0) is 31.6 Å². The standard InChI is InChI=1S/C7H14O.C7H14S/c8-6-7-4-2-1-3-5-7;8-7-5-3-1-2-4-6-7/h2*7-8H,1-6H2. The Morgan fingerprint density at radius 3 is 1.62 bits per heavy atom. The highest BCUT2D eigenvalue weighted by Gasteiger charge is 2.10. The number of hydrogen-bond donors (Lipinski definition) is 2. The predicted molar refractivity (Wildman–Crippen MR) is 74.1 cm³/mol. The highest BCUT2D eigenvalue weighted by atomic mass is 32.1. The molecule has 2 saturated carbocycles. The fraction of sp³-hybridized carbons (Fsp3) is 1.00. The van der Waals surface area contributed by atoms with Gasteiger partial charge in [-0.25, -0.2) is 0 Å². The Morgan fingerprint density at radius 2 is 1.19 bits per heavy atom. The molecule has 0 spiro atoms. The summed E-state index contributed by atoms with van der Waals surface area (Å²) in [7, 11) is 0. The fourth-order valence-corrected chi connectivity index (χ4v) is 2.99. The predicted octanol–water partition coefficient (Wildman–Crippen LogP) is 4.20. The van der Waals surface area contributed by atoms with E-state index >= 15 is 0 Å². The summed E-state index contributed by atoms with van der Waals surface area (Å²) in [4.78, 5) is 0. The van der Waals surface area contributed by atoms with Crippen LogP contribution in [0.5, 0.6) is 0 Å². The summed E-state index contributed by atoms with van der Waals surface area (Å²) in [6.45, 7) is 0.417. The van der Waals surface area contributed by atoms with Gasteiger partial charge in [0, 0.05) is 11.9 Å². The van der Waals surface area contributed by atoms with E-state index in [4.69, 9.17) is 5.11 Å². The first kappa shape index (κ1) is 14.4. The van der Waals surface area contributed by atoms with Crippen LogP contribution in [0.25, 0.3) is 0 Å². The Morgan fingerprint density at radius 1 is 0.750 bits per heavy atom. The Hall–Kier alpha value is 0.310. The van der Waals surface area contributed by atoms with Crippen molar-refractivity contribution in [3.8, 4) is 0 Å². The lowest BCUT2D eigenvalue weighted by atomic mass is 9.90. The molecule has 0 bridgehead atoms. The summed E-state index contributed by atoms with van der Waals surface area (Å²) < 4.78 is 0. The lowest BCUT2D eigenvalue weighted by Gasteiger charge is -2.18. The van der Waals surface area contributed by atoms with Crippen molar-refractivity contribution in [1.29, 1.82) is 0 Å². The van der Waals surface area contributed by atoms with Crippen molar-refractivity contribution < 1.29 is 5.11 Å². The van der Waals surface area contributed by atoms with E-state index in [0.717, 1.165) is 5.25 Å². The van der Waals surface area contributed by atoms with Crippen LogP contribution in [-0.2, 0) is 0 Å². The number of hydrogen-bond acceptors (Lipinski definition) is 2. The molecule has 2 fully saturated rings. The maximum atomic E-state index is 8.69. The van der Waals surface area contributed by atoms with Gasteiger partial charge in [-0.1, -0.05) is 44.9 Å². The molecular weight excluding hydrogens is 216 g/mol. The molecule has 0 saturated heterocycles. The number of aliphatic hydroxyl groups is 1. The van der Waals surface area contributed by atoms with Crippen molar-refractivity contribution in [3.63, 3.8) is 0 Å². The molecule has 16 heavy (non-hydrogen) atoms. The molecule has 2 aliphatic rings. The summed E-state index contributed by atoms with van der Waals surface area (Å²) in [5.41, 5.74) is 0. The van der Waals surface area contributed by atoms with Crippen LogP contribution in [0.15, 0.2) is 0 Å². The highest BCUT2D eigenvalue weighted by molar-refractivity contribution is 7.80. The first-order valence-electron chi connectivity index (χ1n) is 7.12. The topological polar surface area (TPSA) is 20.2 Å². The van der Waals surface area contributed by atoms with Crippen LogP contribution in [0.1, 0.15) is 70.6 Å². The zero-order valence-electron chi connectivity index (χ0n) is 10.5. The van der Waals surface area contributed by atoms with E-state index in [9.17, 15) is 0 Å². The minimum absolute atomic E-state index is 0.417. The first-order valence-corrected chi connectivity index (χ1v) is 7.63. The van der Waals surface area contributed by atoms with Crippen molar-refractivity contribution in [2.24, 2.45) is 5.92 Å². The summed E-state index contributed by atoms with van der Waals surface area (Å²) in [6, 6.07) is 0. The van der Waals surface area contributed by atoms with Gasteiger partial charge in [-0.15, -0.1) is 0 Å². The van der Waals surface area contributed by atoms with Gasteiger partial charge in [-0.2, -0.15) is 12.6 Å². The number of thiol groups is 1. The summed E-state index contributed by atoms with van der Waals surface area (Å²) in [6.07, 6.45) is 15.0. The summed E-state index contributed by atoms with van der Waals surface area (Å²) >= 11 is 4.43. The largest absolute Gasteiger partial charge is 0.396 e.